The van der Waals surface area contributed by atoms with Gasteiger partial charge in [0.1, 0.15) is 5.57 Å². The van der Waals surface area contributed by atoms with E-state index in [9.17, 15) is 20.2 Å². The largest absolute Gasteiger partial charge is 0.325 e. The fourth-order valence-electron chi connectivity index (χ4n) is 1.99. The third-order valence-corrected chi connectivity index (χ3v) is 3.67. The second-order valence-corrected chi connectivity index (χ2v) is 5.24. The maximum atomic E-state index is 11.5. The van der Waals surface area contributed by atoms with Gasteiger partial charge in [-0.1, -0.05) is 60.7 Å². The summed E-state index contributed by atoms with van der Waals surface area (Å²) in [5.41, 5.74) is 0.529. The Morgan fingerprint density at radius 3 is 1.87 bits per heavy atom. The molecule has 0 aliphatic rings. The van der Waals surface area contributed by atoms with Crippen LogP contribution in [-0.4, -0.2) is 9.85 Å². The SMILES string of the molecule is O=[N+]([O-])C(=C\c1ccccc1)/C(=C(/Br)[N+](=O)[O-])c1ccccc1. The zero-order valence-corrected chi connectivity index (χ0v) is 13.3. The van der Waals surface area contributed by atoms with Crippen LogP contribution in [0.5, 0.6) is 0 Å². The van der Waals surface area contributed by atoms with Gasteiger partial charge < -0.3 is 0 Å². The molecule has 0 spiro atoms. The smallest absolute Gasteiger partial charge is 0.258 e. The predicted molar refractivity (Wildman–Crippen MR) is 90.7 cm³/mol. The van der Waals surface area contributed by atoms with E-state index < -0.39 is 14.5 Å². The molecule has 0 unspecified atom stereocenters. The predicted octanol–water partition coefficient (Wildman–Crippen LogP) is 4.34. The molecular weight excluding hydrogens is 364 g/mol. The van der Waals surface area contributed by atoms with Crippen molar-refractivity contribution in [3.63, 3.8) is 0 Å². The molecule has 0 aromatic heterocycles. The summed E-state index contributed by atoms with van der Waals surface area (Å²) in [4.78, 5) is 21.3. The number of benzene rings is 2. The first-order valence-electron chi connectivity index (χ1n) is 6.52. The van der Waals surface area contributed by atoms with Crippen LogP contribution < -0.4 is 0 Å². The van der Waals surface area contributed by atoms with Gasteiger partial charge in [0.2, 0.25) is 0 Å². The topological polar surface area (TPSA) is 86.3 Å². The highest BCUT2D eigenvalue weighted by molar-refractivity contribution is 9.11. The fourth-order valence-corrected chi connectivity index (χ4v) is 2.42. The van der Waals surface area contributed by atoms with Crippen LogP contribution in [-0.2, 0) is 0 Å². The molecule has 0 bridgehead atoms. The minimum atomic E-state index is -0.690. The van der Waals surface area contributed by atoms with Crippen molar-refractivity contribution in [2.75, 3.05) is 0 Å². The molecule has 23 heavy (non-hydrogen) atoms. The van der Waals surface area contributed by atoms with E-state index in [0.717, 1.165) is 0 Å². The van der Waals surface area contributed by atoms with Crippen LogP contribution in [0.25, 0.3) is 11.6 Å². The average molecular weight is 375 g/mol. The van der Waals surface area contributed by atoms with Crippen molar-refractivity contribution in [1.82, 2.24) is 0 Å². The van der Waals surface area contributed by atoms with E-state index in [1.54, 1.807) is 60.7 Å². The molecule has 6 nitrogen and oxygen atoms in total. The lowest BCUT2D eigenvalue weighted by molar-refractivity contribution is -0.422. The minimum absolute atomic E-state index is 0.0792. The van der Waals surface area contributed by atoms with E-state index in [1.807, 2.05) is 0 Å². The summed E-state index contributed by atoms with van der Waals surface area (Å²) in [6, 6.07) is 16.8. The number of hydrogen-bond acceptors (Lipinski definition) is 4. The number of allylic oxidation sites excluding steroid dienone is 1. The Hall–Kier alpha value is -2.80. The van der Waals surface area contributed by atoms with Gasteiger partial charge in [0, 0.05) is 22.0 Å². The first kappa shape index (κ1) is 16.6. The summed E-state index contributed by atoms with van der Waals surface area (Å²) in [7, 11) is 0. The Labute approximate surface area is 140 Å². The first-order valence-corrected chi connectivity index (χ1v) is 7.31. The van der Waals surface area contributed by atoms with Crippen molar-refractivity contribution in [3.05, 3.63) is 102 Å². The molecule has 0 radical (unpaired) electrons. The van der Waals surface area contributed by atoms with E-state index in [4.69, 9.17) is 0 Å². The normalized spacial score (nSPS) is 12.5. The monoisotopic (exact) mass is 374 g/mol. The quantitative estimate of drug-likeness (QED) is 0.337. The molecule has 2 aromatic rings. The Balaban J connectivity index is 2.70. The number of rotatable bonds is 5. The zero-order valence-electron chi connectivity index (χ0n) is 11.8. The summed E-state index contributed by atoms with van der Waals surface area (Å²) in [6.07, 6.45) is 1.31. The van der Waals surface area contributed by atoms with E-state index >= 15 is 0 Å². The lowest BCUT2D eigenvalue weighted by Crippen LogP contribution is -2.06. The molecule has 2 aromatic carbocycles. The van der Waals surface area contributed by atoms with Gasteiger partial charge in [-0.25, -0.2) is 0 Å². The van der Waals surface area contributed by atoms with Gasteiger partial charge in [0.05, 0.1) is 9.85 Å². The van der Waals surface area contributed by atoms with Gasteiger partial charge in [-0.05, 0) is 11.1 Å². The highest BCUT2D eigenvalue weighted by Crippen LogP contribution is 2.31. The number of nitro groups is 2. The second kappa shape index (κ2) is 7.46. The Morgan fingerprint density at radius 1 is 0.870 bits per heavy atom. The van der Waals surface area contributed by atoms with Crippen molar-refractivity contribution in [2.24, 2.45) is 0 Å². The zero-order chi connectivity index (χ0) is 16.8. The Morgan fingerprint density at radius 2 is 1.39 bits per heavy atom. The first-order chi connectivity index (χ1) is 11.0. The van der Waals surface area contributed by atoms with Crippen molar-refractivity contribution in [3.8, 4) is 0 Å². The molecule has 2 rings (SSSR count). The molecule has 0 fully saturated rings. The third-order valence-electron chi connectivity index (χ3n) is 2.98. The van der Waals surface area contributed by atoms with Gasteiger partial charge in [-0.3, -0.25) is 20.2 Å². The Kier molecular flexibility index (Phi) is 5.37. The molecule has 116 valence electrons. The summed E-state index contributed by atoms with van der Waals surface area (Å²) in [5, 5.41) is 22.6. The highest BCUT2D eigenvalue weighted by atomic mass is 79.9. The van der Waals surface area contributed by atoms with E-state index in [2.05, 4.69) is 15.9 Å². The number of nitrogens with zero attached hydrogens (tertiary/aromatic N) is 2. The van der Waals surface area contributed by atoms with E-state index in [-0.39, 0.29) is 11.3 Å². The molecule has 0 heterocycles. The van der Waals surface area contributed by atoms with Crippen molar-refractivity contribution >= 4 is 27.6 Å². The van der Waals surface area contributed by atoms with Crippen LogP contribution >= 0.6 is 15.9 Å². The van der Waals surface area contributed by atoms with Crippen LogP contribution in [0.1, 0.15) is 11.1 Å². The molecule has 0 aliphatic carbocycles. The van der Waals surface area contributed by atoms with Crippen molar-refractivity contribution < 1.29 is 9.85 Å². The van der Waals surface area contributed by atoms with Gasteiger partial charge >= 0.3 is 4.61 Å². The standard InChI is InChI=1S/C16H11BrN2O4/c17-16(19(22)23)15(13-9-5-2-6-10-13)14(18(20)21)11-12-7-3-1-4-8-12/h1-11H/b14-11-,16-15-. The molecule has 0 amide bonds. The van der Waals surface area contributed by atoms with Crippen LogP contribution in [0, 0.1) is 20.2 Å². The van der Waals surface area contributed by atoms with Crippen LogP contribution in [0.2, 0.25) is 0 Å². The van der Waals surface area contributed by atoms with Crippen molar-refractivity contribution in [1.29, 1.82) is 0 Å². The molecule has 7 heteroatoms. The summed E-state index contributed by atoms with van der Waals surface area (Å²) in [6.45, 7) is 0. The lowest BCUT2D eigenvalue weighted by Gasteiger charge is -2.05. The van der Waals surface area contributed by atoms with Crippen LogP contribution in [0.3, 0.4) is 0 Å². The van der Waals surface area contributed by atoms with Gasteiger partial charge in [0.25, 0.3) is 5.70 Å². The van der Waals surface area contributed by atoms with E-state index in [1.165, 1.54) is 6.08 Å². The Bertz CT molecular complexity index is 786. The maximum Gasteiger partial charge on any atom is 0.325 e. The number of hydrogen-bond donors (Lipinski definition) is 0. The second-order valence-electron chi connectivity index (χ2n) is 4.49. The van der Waals surface area contributed by atoms with Crippen molar-refractivity contribution in [2.45, 2.75) is 0 Å². The molecule has 0 N–H and O–H groups in total. The minimum Gasteiger partial charge on any atom is -0.258 e. The molecule has 0 saturated heterocycles. The van der Waals surface area contributed by atoms with E-state index in [0.29, 0.717) is 11.1 Å². The van der Waals surface area contributed by atoms with Gasteiger partial charge in [-0.2, -0.15) is 0 Å². The lowest BCUT2D eigenvalue weighted by atomic mass is 10.0. The number of halogens is 1. The van der Waals surface area contributed by atoms with Crippen LogP contribution in [0.4, 0.5) is 0 Å². The highest BCUT2D eigenvalue weighted by Gasteiger charge is 2.28. The third kappa shape index (κ3) is 4.10. The summed E-state index contributed by atoms with van der Waals surface area (Å²) in [5.74, 6) is 0. The average Bonchev–Trinajstić information content (AvgIpc) is 2.55. The van der Waals surface area contributed by atoms with Gasteiger partial charge in [-0.15, -0.1) is 0 Å². The fraction of sp³-hybridized carbons (Fsp3) is 0. The molecule has 0 atom stereocenters. The molecule has 0 aliphatic heterocycles. The molecular formula is C16H11BrN2O4. The summed E-state index contributed by atoms with van der Waals surface area (Å²) >= 11 is 2.86. The van der Waals surface area contributed by atoms with Crippen LogP contribution in [0.15, 0.2) is 71.0 Å². The summed E-state index contributed by atoms with van der Waals surface area (Å²) < 4.78 is -0.456. The maximum absolute atomic E-state index is 11.5. The van der Waals surface area contributed by atoms with Gasteiger partial charge in [0.15, 0.2) is 0 Å². The molecule has 0 saturated carbocycles.